The number of halogens is 3. The number of benzene rings is 1. The van der Waals surface area contributed by atoms with E-state index in [-0.39, 0.29) is 11.1 Å². The van der Waals surface area contributed by atoms with E-state index in [9.17, 15) is 4.39 Å². The standard InChI is InChI=1S/C11H11BrClFN4/c1-15-9(10-11(12)16-17-18(10)2)6-3-4-7(13)8(14)5-6/h3-5,9,15H,1-2H3. The molecule has 1 aromatic heterocycles. The zero-order valence-corrected chi connectivity index (χ0v) is 12.1. The minimum atomic E-state index is -0.444. The summed E-state index contributed by atoms with van der Waals surface area (Å²) in [6.07, 6.45) is 0. The summed E-state index contributed by atoms with van der Waals surface area (Å²) < 4.78 is 15.8. The van der Waals surface area contributed by atoms with Gasteiger partial charge in [-0.15, -0.1) is 5.10 Å². The van der Waals surface area contributed by atoms with Gasteiger partial charge in [0.1, 0.15) is 5.82 Å². The minimum absolute atomic E-state index is 0.107. The Kier molecular flexibility index (Phi) is 3.99. The molecule has 2 rings (SSSR count). The molecule has 0 saturated carbocycles. The number of hydrogen-bond donors (Lipinski definition) is 1. The monoisotopic (exact) mass is 332 g/mol. The largest absolute Gasteiger partial charge is 0.308 e. The fourth-order valence-corrected chi connectivity index (χ4v) is 2.47. The van der Waals surface area contributed by atoms with E-state index in [1.165, 1.54) is 12.1 Å². The van der Waals surface area contributed by atoms with Crippen molar-refractivity contribution < 1.29 is 4.39 Å². The van der Waals surface area contributed by atoms with Gasteiger partial charge in [0.25, 0.3) is 0 Å². The number of aromatic nitrogens is 3. The van der Waals surface area contributed by atoms with Gasteiger partial charge in [0, 0.05) is 7.05 Å². The molecule has 0 aliphatic carbocycles. The molecule has 18 heavy (non-hydrogen) atoms. The fourth-order valence-electron chi connectivity index (χ4n) is 1.80. The molecule has 1 unspecified atom stereocenters. The Labute approximate surface area is 117 Å². The van der Waals surface area contributed by atoms with Gasteiger partial charge in [0.2, 0.25) is 0 Å². The molecule has 0 aliphatic rings. The Hall–Kier alpha value is -0.980. The maximum atomic E-state index is 13.5. The van der Waals surface area contributed by atoms with Crippen molar-refractivity contribution in [1.29, 1.82) is 0 Å². The van der Waals surface area contributed by atoms with E-state index in [0.717, 1.165) is 11.3 Å². The molecule has 1 N–H and O–H groups in total. The van der Waals surface area contributed by atoms with Crippen LogP contribution in [0, 0.1) is 5.82 Å². The lowest BCUT2D eigenvalue weighted by molar-refractivity contribution is 0.586. The van der Waals surface area contributed by atoms with Gasteiger partial charge in [0.05, 0.1) is 16.8 Å². The number of nitrogens with one attached hydrogen (secondary N) is 1. The summed E-state index contributed by atoms with van der Waals surface area (Å²) in [4.78, 5) is 0. The van der Waals surface area contributed by atoms with E-state index in [0.29, 0.717) is 4.60 Å². The van der Waals surface area contributed by atoms with E-state index in [1.807, 2.05) is 0 Å². The molecule has 4 nitrogen and oxygen atoms in total. The van der Waals surface area contributed by atoms with Gasteiger partial charge in [-0.25, -0.2) is 9.07 Å². The molecule has 0 fully saturated rings. The van der Waals surface area contributed by atoms with Crippen LogP contribution in [0.3, 0.4) is 0 Å². The van der Waals surface area contributed by atoms with Crippen molar-refractivity contribution in [3.05, 3.63) is 44.9 Å². The second kappa shape index (κ2) is 5.34. The first-order valence-corrected chi connectivity index (χ1v) is 6.39. The molecule has 7 heteroatoms. The van der Waals surface area contributed by atoms with Crippen LogP contribution in [-0.2, 0) is 7.05 Å². The van der Waals surface area contributed by atoms with Gasteiger partial charge >= 0.3 is 0 Å². The van der Waals surface area contributed by atoms with Crippen LogP contribution in [0.15, 0.2) is 22.8 Å². The minimum Gasteiger partial charge on any atom is -0.308 e. The lowest BCUT2D eigenvalue weighted by atomic mass is 10.0. The van der Waals surface area contributed by atoms with Crippen LogP contribution in [-0.4, -0.2) is 22.0 Å². The average molecular weight is 334 g/mol. The van der Waals surface area contributed by atoms with Crippen LogP contribution in [0.4, 0.5) is 4.39 Å². The van der Waals surface area contributed by atoms with E-state index >= 15 is 0 Å². The molecule has 2 aromatic rings. The SMILES string of the molecule is CNC(c1ccc(Cl)c(F)c1)c1c(Br)nnn1C. The second-order valence-corrected chi connectivity index (χ2v) is 4.94. The average Bonchev–Trinajstić information content (AvgIpc) is 2.66. The predicted octanol–water partition coefficient (Wildman–Crippen LogP) is 2.68. The Morgan fingerprint density at radius 1 is 1.50 bits per heavy atom. The van der Waals surface area contributed by atoms with Crippen LogP contribution in [0.25, 0.3) is 0 Å². The summed E-state index contributed by atoms with van der Waals surface area (Å²) in [7, 11) is 3.57. The normalized spacial score (nSPS) is 12.7. The van der Waals surface area contributed by atoms with Crippen molar-refractivity contribution in [3.63, 3.8) is 0 Å². The molecule has 0 aliphatic heterocycles. The molecule has 1 atom stereocenters. The number of aryl methyl sites for hydroxylation is 1. The predicted molar refractivity (Wildman–Crippen MR) is 71.0 cm³/mol. The zero-order valence-electron chi connectivity index (χ0n) is 9.78. The van der Waals surface area contributed by atoms with Gasteiger partial charge < -0.3 is 5.32 Å². The lowest BCUT2D eigenvalue weighted by Crippen LogP contribution is -2.21. The highest BCUT2D eigenvalue weighted by atomic mass is 79.9. The van der Waals surface area contributed by atoms with E-state index in [4.69, 9.17) is 11.6 Å². The molecule has 0 amide bonds. The van der Waals surface area contributed by atoms with Crippen LogP contribution < -0.4 is 5.32 Å². The number of hydrogen-bond acceptors (Lipinski definition) is 3. The topological polar surface area (TPSA) is 42.7 Å². The van der Waals surface area contributed by atoms with Gasteiger partial charge in [-0.3, -0.25) is 0 Å². The smallest absolute Gasteiger partial charge is 0.153 e. The van der Waals surface area contributed by atoms with Crippen molar-refractivity contribution in [3.8, 4) is 0 Å². The summed E-state index contributed by atoms with van der Waals surface area (Å²) in [5.74, 6) is -0.444. The maximum absolute atomic E-state index is 13.5. The Balaban J connectivity index is 2.48. The summed E-state index contributed by atoms with van der Waals surface area (Å²) in [5.41, 5.74) is 1.57. The molecule has 96 valence electrons. The second-order valence-electron chi connectivity index (χ2n) is 3.78. The maximum Gasteiger partial charge on any atom is 0.153 e. The summed E-state index contributed by atoms with van der Waals surface area (Å²) in [6, 6.07) is 4.49. The Morgan fingerprint density at radius 2 is 2.22 bits per heavy atom. The summed E-state index contributed by atoms with van der Waals surface area (Å²) in [5, 5.41) is 11.0. The third kappa shape index (κ3) is 2.41. The molecule has 0 bridgehead atoms. The highest BCUT2D eigenvalue weighted by Crippen LogP contribution is 2.28. The molecule has 0 saturated heterocycles. The third-order valence-corrected chi connectivity index (χ3v) is 3.54. The van der Waals surface area contributed by atoms with E-state index < -0.39 is 5.82 Å². The van der Waals surface area contributed by atoms with Crippen molar-refractivity contribution in [2.75, 3.05) is 7.05 Å². The quantitative estimate of drug-likeness (QED) is 0.939. The fraction of sp³-hybridized carbons (Fsp3) is 0.273. The first-order chi connectivity index (χ1) is 8.54. The third-order valence-electron chi connectivity index (χ3n) is 2.67. The van der Waals surface area contributed by atoms with Crippen LogP contribution in [0.5, 0.6) is 0 Å². The molecular weight excluding hydrogens is 323 g/mol. The molecule has 1 heterocycles. The molecular formula is C11H11BrClFN4. The van der Waals surface area contributed by atoms with Crippen molar-refractivity contribution >= 4 is 27.5 Å². The van der Waals surface area contributed by atoms with Gasteiger partial charge in [-0.1, -0.05) is 22.9 Å². The molecule has 1 aromatic carbocycles. The Morgan fingerprint density at radius 3 is 2.72 bits per heavy atom. The van der Waals surface area contributed by atoms with Crippen LogP contribution in [0.2, 0.25) is 5.02 Å². The van der Waals surface area contributed by atoms with Gasteiger partial charge in [-0.05, 0) is 40.7 Å². The van der Waals surface area contributed by atoms with Gasteiger partial charge in [-0.2, -0.15) is 0 Å². The van der Waals surface area contributed by atoms with Crippen LogP contribution in [0.1, 0.15) is 17.3 Å². The summed E-state index contributed by atoms with van der Waals surface area (Å²) in [6.45, 7) is 0. The first kappa shape index (κ1) is 13.5. The molecule has 0 radical (unpaired) electrons. The van der Waals surface area contributed by atoms with Crippen molar-refractivity contribution in [2.45, 2.75) is 6.04 Å². The van der Waals surface area contributed by atoms with Gasteiger partial charge in [0.15, 0.2) is 4.60 Å². The molecule has 0 spiro atoms. The highest BCUT2D eigenvalue weighted by Gasteiger charge is 2.21. The van der Waals surface area contributed by atoms with Crippen molar-refractivity contribution in [2.24, 2.45) is 7.05 Å². The zero-order chi connectivity index (χ0) is 13.3. The van der Waals surface area contributed by atoms with Crippen molar-refractivity contribution in [1.82, 2.24) is 20.3 Å². The van der Waals surface area contributed by atoms with Crippen LogP contribution >= 0.6 is 27.5 Å². The first-order valence-electron chi connectivity index (χ1n) is 5.22. The highest BCUT2D eigenvalue weighted by molar-refractivity contribution is 9.10. The van der Waals surface area contributed by atoms with E-state index in [2.05, 4.69) is 31.6 Å². The van der Waals surface area contributed by atoms with E-state index in [1.54, 1.807) is 24.8 Å². The lowest BCUT2D eigenvalue weighted by Gasteiger charge is -2.17. The summed E-state index contributed by atoms with van der Waals surface area (Å²) >= 11 is 9.02. The Bertz CT molecular complexity index is 553. The number of rotatable bonds is 3. The number of nitrogens with zero attached hydrogens (tertiary/aromatic N) is 3.